The topological polar surface area (TPSA) is 92.7 Å². The molecule has 0 unspecified atom stereocenters. The molecule has 0 radical (unpaired) electrons. The smallest absolute Gasteiger partial charge is 0.410 e. The molecule has 3 aromatic rings. The molecule has 5 heterocycles. The summed E-state index contributed by atoms with van der Waals surface area (Å²) >= 11 is 5.89. The molecule has 38 heavy (non-hydrogen) atoms. The minimum absolute atomic E-state index is 0.0119. The maximum absolute atomic E-state index is 14.8. The lowest BCUT2D eigenvalue weighted by molar-refractivity contribution is -0.0499. The Labute approximate surface area is 221 Å². The van der Waals surface area contributed by atoms with E-state index in [4.69, 9.17) is 21.3 Å². The Morgan fingerprint density at radius 1 is 1.13 bits per heavy atom. The SMILES string of the molecule is CC(C)(C)OC(=O)N1C[C@@H]2CC[C@H]1CN2c1ccc2ncnc(Nc3ccc(OC(F)F)c(Cl)c3F)c2n1. The van der Waals surface area contributed by atoms with E-state index in [2.05, 4.69) is 24.9 Å². The number of ether oxygens (including phenoxy) is 2. The molecule has 0 aliphatic carbocycles. The maximum Gasteiger partial charge on any atom is 0.410 e. The molecule has 0 saturated carbocycles. The van der Waals surface area contributed by atoms with Crippen LogP contribution in [0.3, 0.4) is 0 Å². The number of pyridine rings is 1. The van der Waals surface area contributed by atoms with E-state index in [0.717, 1.165) is 18.9 Å². The van der Waals surface area contributed by atoms with Crippen LogP contribution in [-0.2, 0) is 4.74 Å². The number of piperidine rings is 2. The van der Waals surface area contributed by atoms with Crippen molar-refractivity contribution in [2.45, 2.75) is 57.9 Å². The van der Waals surface area contributed by atoms with Crippen molar-refractivity contribution in [1.29, 1.82) is 0 Å². The van der Waals surface area contributed by atoms with E-state index in [-0.39, 0.29) is 29.7 Å². The summed E-state index contributed by atoms with van der Waals surface area (Å²) in [6.45, 7) is 3.51. The second-order valence-electron chi connectivity index (χ2n) is 10.2. The molecule has 1 amide bonds. The van der Waals surface area contributed by atoms with Crippen LogP contribution in [-0.4, -0.2) is 63.3 Å². The number of benzene rings is 1. The molecule has 3 saturated heterocycles. The van der Waals surface area contributed by atoms with Crippen molar-refractivity contribution in [3.63, 3.8) is 0 Å². The molecule has 1 N–H and O–H groups in total. The Kier molecular flexibility index (Phi) is 6.84. The number of aromatic nitrogens is 3. The van der Waals surface area contributed by atoms with Crippen molar-refractivity contribution in [3.8, 4) is 5.75 Å². The molecule has 2 aromatic heterocycles. The molecular weight excluding hydrogens is 525 g/mol. The summed E-state index contributed by atoms with van der Waals surface area (Å²) in [4.78, 5) is 29.9. The minimum Gasteiger partial charge on any atom is -0.444 e. The highest BCUT2D eigenvalue weighted by atomic mass is 35.5. The zero-order chi connectivity index (χ0) is 27.2. The fraction of sp³-hybridized carbons (Fsp3) is 0.440. The van der Waals surface area contributed by atoms with Gasteiger partial charge < -0.3 is 24.6 Å². The molecule has 3 aliphatic rings. The van der Waals surface area contributed by atoms with Crippen LogP contribution in [0.2, 0.25) is 5.02 Å². The highest BCUT2D eigenvalue weighted by molar-refractivity contribution is 6.32. The number of amides is 1. The number of carbonyl (C=O) groups is 1. The molecule has 202 valence electrons. The van der Waals surface area contributed by atoms with Crippen LogP contribution in [0.4, 0.5) is 35.3 Å². The van der Waals surface area contributed by atoms with Gasteiger partial charge in [-0.15, -0.1) is 0 Å². The van der Waals surface area contributed by atoms with Crippen LogP contribution in [0.25, 0.3) is 11.0 Å². The standard InChI is InChI=1S/C25H26ClF3N6O3/c1-25(2,3)38-24(36)35-11-13-4-5-14(35)10-34(13)18-9-7-16-21(33-18)22(31-12-30-16)32-15-6-8-17(37-23(28)29)19(26)20(15)27/h6-9,12-14,23H,4-5,10-11H2,1-3H3,(H,30,31,32)/t13-,14-/m0/s1. The summed E-state index contributed by atoms with van der Waals surface area (Å²) < 4.78 is 49.8. The average Bonchev–Trinajstić information content (AvgIpc) is 2.87. The molecule has 9 nitrogen and oxygen atoms in total. The van der Waals surface area contributed by atoms with Crippen LogP contribution in [0.15, 0.2) is 30.6 Å². The number of nitrogens with zero attached hydrogens (tertiary/aromatic N) is 5. The van der Waals surface area contributed by atoms with Gasteiger partial charge in [-0.1, -0.05) is 11.6 Å². The minimum atomic E-state index is -3.14. The van der Waals surface area contributed by atoms with E-state index < -0.39 is 28.8 Å². The van der Waals surface area contributed by atoms with Crippen molar-refractivity contribution in [2.75, 3.05) is 23.3 Å². The second kappa shape index (κ2) is 9.97. The predicted octanol–water partition coefficient (Wildman–Crippen LogP) is 5.75. The van der Waals surface area contributed by atoms with E-state index in [1.54, 1.807) is 11.0 Å². The summed E-state index contributed by atoms with van der Waals surface area (Å²) in [6.07, 6.45) is 2.76. The highest BCUT2D eigenvalue weighted by Gasteiger charge is 2.43. The molecular formula is C25H26ClF3N6O3. The van der Waals surface area contributed by atoms with Gasteiger partial charge in [0, 0.05) is 19.1 Å². The Hall–Kier alpha value is -3.54. The van der Waals surface area contributed by atoms with Crippen molar-refractivity contribution in [3.05, 3.63) is 41.4 Å². The first-order valence-corrected chi connectivity index (χ1v) is 12.5. The largest absolute Gasteiger partial charge is 0.444 e. The quantitative estimate of drug-likeness (QED) is 0.429. The number of hydrogen-bond acceptors (Lipinski definition) is 8. The van der Waals surface area contributed by atoms with Crippen molar-refractivity contribution in [1.82, 2.24) is 19.9 Å². The monoisotopic (exact) mass is 550 g/mol. The van der Waals surface area contributed by atoms with Gasteiger partial charge in [0.1, 0.15) is 34.0 Å². The number of anilines is 3. The zero-order valence-electron chi connectivity index (χ0n) is 20.9. The summed E-state index contributed by atoms with van der Waals surface area (Å²) in [5.41, 5.74) is 0.247. The van der Waals surface area contributed by atoms with Gasteiger partial charge in [-0.3, -0.25) is 0 Å². The number of carbonyl (C=O) groups excluding carboxylic acids is 1. The summed E-state index contributed by atoms with van der Waals surface area (Å²) in [7, 11) is 0. The van der Waals surface area contributed by atoms with Gasteiger partial charge in [0.2, 0.25) is 0 Å². The van der Waals surface area contributed by atoms with E-state index in [0.29, 0.717) is 29.9 Å². The van der Waals surface area contributed by atoms with E-state index in [9.17, 15) is 18.0 Å². The van der Waals surface area contributed by atoms with Crippen LogP contribution in [0.1, 0.15) is 33.6 Å². The molecule has 3 aliphatic heterocycles. The molecule has 6 rings (SSSR count). The van der Waals surface area contributed by atoms with Gasteiger partial charge in [0.05, 0.1) is 17.2 Å². The lowest BCUT2D eigenvalue weighted by Gasteiger charge is -2.51. The van der Waals surface area contributed by atoms with Gasteiger partial charge in [-0.2, -0.15) is 8.78 Å². The number of fused-ring (bicyclic) bond motifs is 4. The zero-order valence-corrected chi connectivity index (χ0v) is 21.7. The fourth-order valence-electron chi connectivity index (χ4n) is 4.78. The van der Waals surface area contributed by atoms with Crippen molar-refractivity contribution >= 4 is 46.1 Å². The number of nitrogens with one attached hydrogen (secondary N) is 1. The van der Waals surface area contributed by atoms with Crippen LogP contribution in [0, 0.1) is 5.82 Å². The molecule has 1 aromatic carbocycles. The number of hydrogen-bond donors (Lipinski definition) is 1. The first-order chi connectivity index (χ1) is 18.0. The third kappa shape index (κ3) is 5.22. The van der Waals surface area contributed by atoms with Gasteiger partial charge >= 0.3 is 12.7 Å². The third-order valence-electron chi connectivity index (χ3n) is 6.44. The van der Waals surface area contributed by atoms with Gasteiger partial charge in [0.25, 0.3) is 0 Å². The number of halogens is 4. The molecule has 3 fully saturated rings. The summed E-state index contributed by atoms with van der Waals surface area (Å²) in [6, 6.07) is 6.06. The van der Waals surface area contributed by atoms with E-state index in [1.165, 1.54) is 12.4 Å². The summed E-state index contributed by atoms with van der Waals surface area (Å²) in [5.74, 6) is -0.554. The van der Waals surface area contributed by atoms with E-state index >= 15 is 0 Å². The molecule has 2 atom stereocenters. The van der Waals surface area contributed by atoms with Crippen LogP contribution >= 0.6 is 11.6 Å². The summed E-state index contributed by atoms with van der Waals surface area (Å²) in [5, 5.41) is 2.26. The fourth-order valence-corrected chi connectivity index (χ4v) is 4.99. The first kappa shape index (κ1) is 26.1. The predicted molar refractivity (Wildman–Crippen MR) is 136 cm³/mol. The van der Waals surface area contributed by atoms with Crippen LogP contribution < -0.4 is 15.0 Å². The average molecular weight is 551 g/mol. The lowest BCUT2D eigenvalue weighted by atomic mass is 9.91. The normalized spacial score (nSPS) is 19.3. The lowest BCUT2D eigenvalue weighted by Crippen LogP contribution is -2.64. The first-order valence-electron chi connectivity index (χ1n) is 12.1. The highest BCUT2D eigenvalue weighted by Crippen LogP contribution is 2.36. The number of alkyl halides is 2. The number of rotatable bonds is 5. The Morgan fingerprint density at radius 2 is 1.89 bits per heavy atom. The van der Waals surface area contributed by atoms with E-state index in [1.807, 2.05) is 26.8 Å². The Morgan fingerprint density at radius 3 is 2.58 bits per heavy atom. The van der Waals surface area contributed by atoms with Gasteiger partial charge in [-0.25, -0.2) is 24.1 Å². The van der Waals surface area contributed by atoms with Crippen molar-refractivity contribution < 1.29 is 27.4 Å². The second-order valence-corrected chi connectivity index (χ2v) is 10.6. The Balaban J connectivity index is 1.40. The van der Waals surface area contributed by atoms with Gasteiger partial charge in [0.15, 0.2) is 11.6 Å². The van der Waals surface area contributed by atoms with Gasteiger partial charge in [-0.05, 0) is 57.9 Å². The molecule has 2 bridgehead atoms. The molecule has 0 spiro atoms. The maximum atomic E-state index is 14.8. The van der Waals surface area contributed by atoms with Crippen LogP contribution in [0.5, 0.6) is 5.75 Å². The molecule has 13 heteroatoms. The number of piperazine rings is 1. The third-order valence-corrected chi connectivity index (χ3v) is 6.79. The van der Waals surface area contributed by atoms with Crippen molar-refractivity contribution in [2.24, 2.45) is 0 Å². The Bertz CT molecular complexity index is 1370.